The number of rotatable bonds is 3. The van der Waals surface area contributed by atoms with Gasteiger partial charge in [0.25, 0.3) is 0 Å². The maximum absolute atomic E-state index is 9.99. The summed E-state index contributed by atoms with van der Waals surface area (Å²) < 4.78 is 0. The minimum Gasteiger partial charge on any atom is -0.395 e. The van der Waals surface area contributed by atoms with Crippen molar-refractivity contribution in [3.05, 3.63) is 0 Å². The van der Waals surface area contributed by atoms with Crippen LogP contribution in [-0.2, 0) is 0 Å². The first-order valence-electron chi connectivity index (χ1n) is 7.94. The fourth-order valence-corrected chi connectivity index (χ4v) is 4.07. The average molecular weight is 285 g/mol. The number of likely N-dealkylation sites (tertiary alicyclic amines) is 1. The highest BCUT2D eigenvalue weighted by Gasteiger charge is 2.46. The molecule has 1 heterocycles. The fourth-order valence-electron chi connectivity index (χ4n) is 4.07. The second-order valence-corrected chi connectivity index (χ2v) is 7.20. The molecule has 0 aromatic heterocycles. The summed E-state index contributed by atoms with van der Waals surface area (Å²) >= 11 is 0. The Morgan fingerprint density at radius 2 is 1.60 bits per heavy atom. The Morgan fingerprint density at radius 1 is 0.950 bits per heavy atom. The van der Waals surface area contributed by atoms with Crippen molar-refractivity contribution in [3.63, 3.8) is 0 Å². The molecule has 20 heavy (non-hydrogen) atoms. The Morgan fingerprint density at radius 3 is 2.15 bits per heavy atom. The maximum Gasteiger partial charge on any atom is 0.109 e. The number of hydrogen-bond acceptors (Lipinski definition) is 5. The number of aliphatic hydroxyl groups excluding tert-OH is 4. The van der Waals surface area contributed by atoms with Crippen molar-refractivity contribution < 1.29 is 20.4 Å². The predicted octanol–water partition coefficient (Wildman–Crippen LogP) is -0.284. The van der Waals surface area contributed by atoms with Gasteiger partial charge in [0.15, 0.2) is 0 Å². The van der Waals surface area contributed by atoms with Crippen molar-refractivity contribution in [3.8, 4) is 0 Å². The van der Waals surface area contributed by atoms with Crippen LogP contribution in [0.3, 0.4) is 0 Å². The lowest BCUT2D eigenvalue weighted by Crippen LogP contribution is -2.63. The lowest BCUT2D eigenvalue weighted by atomic mass is 9.79. The molecule has 0 aromatic carbocycles. The Hall–Kier alpha value is -0.200. The van der Waals surface area contributed by atoms with Crippen LogP contribution in [0.25, 0.3) is 0 Å². The van der Waals surface area contributed by atoms with Gasteiger partial charge in [0.05, 0.1) is 18.8 Å². The van der Waals surface area contributed by atoms with Crippen LogP contribution >= 0.6 is 0 Å². The van der Waals surface area contributed by atoms with Crippen LogP contribution in [0.15, 0.2) is 0 Å². The van der Waals surface area contributed by atoms with Gasteiger partial charge in [-0.3, -0.25) is 4.90 Å². The molecule has 2 saturated carbocycles. The van der Waals surface area contributed by atoms with Gasteiger partial charge in [-0.2, -0.15) is 0 Å². The number of aliphatic hydroxyl groups is 4. The van der Waals surface area contributed by atoms with Crippen LogP contribution in [0, 0.1) is 11.3 Å². The van der Waals surface area contributed by atoms with Crippen LogP contribution in [0.4, 0.5) is 0 Å². The summed E-state index contributed by atoms with van der Waals surface area (Å²) in [4.78, 5) is 1.97. The molecule has 4 N–H and O–H groups in total. The lowest BCUT2D eigenvalue weighted by Gasteiger charge is -2.45. The zero-order valence-corrected chi connectivity index (χ0v) is 12.0. The molecule has 2 aliphatic carbocycles. The molecule has 116 valence electrons. The minimum absolute atomic E-state index is 0.179. The smallest absolute Gasteiger partial charge is 0.109 e. The third-order valence-corrected chi connectivity index (χ3v) is 5.83. The van der Waals surface area contributed by atoms with Gasteiger partial charge in [-0.1, -0.05) is 0 Å². The molecular weight excluding hydrogens is 258 g/mol. The van der Waals surface area contributed by atoms with Crippen molar-refractivity contribution in [1.29, 1.82) is 0 Å². The molecule has 3 rings (SSSR count). The van der Waals surface area contributed by atoms with Crippen LogP contribution in [0.1, 0.15) is 38.5 Å². The first-order chi connectivity index (χ1) is 9.54. The third-order valence-electron chi connectivity index (χ3n) is 5.83. The second-order valence-electron chi connectivity index (χ2n) is 7.20. The molecule has 3 fully saturated rings. The van der Waals surface area contributed by atoms with Crippen LogP contribution in [0.5, 0.6) is 0 Å². The number of piperidine rings is 1. The van der Waals surface area contributed by atoms with E-state index in [0.717, 1.165) is 6.54 Å². The molecule has 1 spiro atoms. The molecule has 0 bridgehead atoms. The quantitative estimate of drug-likeness (QED) is 0.573. The van der Waals surface area contributed by atoms with E-state index in [0.29, 0.717) is 17.9 Å². The van der Waals surface area contributed by atoms with E-state index in [4.69, 9.17) is 0 Å². The number of β-amino-alcohol motifs (C(OH)–C–C–N with tert-alkyl or cyclic N) is 1. The van der Waals surface area contributed by atoms with Crippen molar-refractivity contribution in [1.82, 2.24) is 4.90 Å². The summed E-state index contributed by atoms with van der Waals surface area (Å²) in [6, 6.07) is -0.454. The summed E-state index contributed by atoms with van der Waals surface area (Å²) in [7, 11) is 0. The highest BCUT2D eigenvalue weighted by Crippen LogP contribution is 2.57. The largest absolute Gasteiger partial charge is 0.395 e. The van der Waals surface area contributed by atoms with Gasteiger partial charge in [0.1, 0.15) is 12.2 Å². The molecule has 0 unspecified atom stereocenters. The van der Waals surface area contributed by atoms with Crippen molar-refractivity contribution >= 4 is 0 Å². The lowest BCUT2D eigenvalue weighted by molar-refractivity contribution is -0.148. The van der Waals surface area contributed by atoms with Crippen LogP contribution < -0.4 is 0 Å². The van der Waals surface area contributed by atoms with Crippen LogP contribution in [-0.4, -0.2) is 69.4 Å². The van der Waals surface area contributed by atoms with Gasteiger partial charge in [0, 0.05) is 13.1 Å². The van der Waals surface area contributed by atoms with E-state index < -0.39 is 24.4 Å². The van der Waals surface area contributed by atoms with E-state index >= 15 is 0 Å². The fraction of sp³-hybridized carbons (Fsp3) is 1.00. The highest BCUT2D eigenvalue weighted by molar-refractivity contribution is 4.98. The van der Waals surface area contributed by atoms with E-state index in [2.05, 4.69) is 0 Å². The first-order valence-corrected chi connectivity index (χ1v) is 7.94. The summed E-state index contributed by atoms with van der Waals surface area (Å²) in [6.07, 6.45) is 4.69. The Labute approximate surface area is 120 Å². The van der Waals surface area contributed by atoms with E-state index in [1.807, 2.05) is 4.90 Å². The highest BCUT2D eigenvalue weighted by atomic mass is 16.4. The zero-order valence-electron chi connectivity index (χ0n) is 12.0. The molecular formula is C15H27NO4. The van der Waals surface area contributed by atoms with Gasteiger partial charge in [-0.25, -0.2) is 0 Å². The van der Waals surface area contributed by atoms with Crippen molar-refractivity contribution in [2.45, 2.75) is 62.9 Å². The molecule has 0 radical (unpaired) electrons. The van der Waals surface area contributed by atoms with Gasteiger partial charge < -0.3 is 20.4 Å². The van der Waals surface area contributed by atoms with Gasteiger partial charge >= 0.3 is 0 Å². The number of hydrogen-bond donors (Lipinski definition) is 4. The Balaban J connectivity index is 1.57. The van der Waals surface area contributed by atoms with E-state index in [1.165, 1.54) is 38.5 Å². The summed E-state index contributed by atoms with van der Waals surface area (Å²) in [6.45, 7) is 0.967. The Bertz CT molecular complexity index is 337. The minimum atomic E-state index is -1.15. The predicted molar refractivity (Wildman–Crippen MR) is 74.1 cm³/mol. The zero-order chi connectivity index (χ0) is 14.3. The molecule has 3 aliphatic rings. The summed E-state index contributed by atoms with van der Waals surface area (Å²) in [5, 5.41) is 39.0. The number of nitrogens with zero attached hydrogens (tertiary/aromatic N) is 1. The van der Waals surface area contributed by atoms with E-state index in [-0.39, 0.29) is 6.61 Å². The molecule has 1 saturated heterocycles. The van der Waals surface area contributed by atoms with Crippen molar-refractivity contribution in [2.24, 2.45) is 11.3 Å². The van der Waals surface area contributed by atoms with Gasteiger partial charge in [-0.05, 0) is 49.9 Å². The van der Waals surface area contributed by atoms with Gasteiger partial charge in [0.2, 0.25) is 0 Å². The standard InChI is InChI=1S/C15H27NO4/c17-9-11-13(19)14(20)12(18)8-16(11)7-10-1-3-15(4-2-10)5-6-15/h10-14,17-20H,1-9H2/t11-,12-,13+,14+/m0/s1. The molecule has 0 amide bonds. The van der Waals surface area contributed by atoms with Crippen LogP contribution in [0.2, 0.25) is 0 Å². The average Bonchev–Trinajstić information content (AvgIpc) is 3.19. The third kappa shape index (κ3) is 2.74. The molecule has 1 aliphatic heterocycles. The summed E-state index contributed by atoms with van der Waals surface area (Å²) in [5.41, 5.74) is 0.671. The Kier molecular flexibility index (Phi) is 4.08. The topological polar surface area (TPSA) is 84.2 Å². The molecule has 4 atom stereocenters. The monoisotopic (exact) mass is 285 g/mol. The van der Waals surface area contributed by atoms with E-state index in [9.17, 15) is 20.4 Å². The first kappa shape index (κ1) is 14.7. The molecule has 5 heteroatoms. The van der Waals surface area contributed by atoms with Gasteiger partial charge in [-0.15, -0.1) is 0 Å². The normalized spacial score (nSPS) is 42.0. The van der Waals surface area contributed by atoms with E-state index in [1.54, 1.807) is 0 Å². The second kappa shape index (κ2) is 5.54. The molecule has 5 nitrogen and oxygen atoms in total. The maximum atomic E-state index is 9.99. The SMILES string of the molecule is OC[C@H]1[C@@H](O)[C@H](O)[C@@H](O)CN1CC1CCC2(CC1)CC2. The molecule has 0 aromatic rings. The summed E-state index contributed by atoms with van der Waals surface area (Å²) in [5.74, 6) is 0.588. The van der Waals surface area contributed by atoms with Crippen molar-refractivity contribution in [2.75, 3.05) is 19.7 Å².